The van der Waals surface area contributed by atoms with Crippen LogP contribution in [0.5, 0.6) is 34.5 Å². The Balaban J connectivity index is 2.04. The number of ketones is 3. The van der Waals surface area contributed by atoms with Crippen LogP contribution in [0.2, 0.25) is 0 Å². The molecule has 6 N–H and O–H groups in total. The lowest BCUT2D eigenvalue weighted by molar-refractivity contribution is -0.248. The molecule has 148 valence electrons. The van der Waals surface area contributed by atoms with Crippen LogP contribution >= 0.6 is 0 Å². The number of rotatable bonds is 0. The number of carbonyl (C=O) groups excluding carboxylic acids is 3. The van der Waals surface area contributed by atoms with E-state index in [1.54, 1.807) is 0 Å². The molecule has 2 aliphatic heterocycles. The lowest BCUT2D eigenvalue weighted by atomic mass is 9.58. The Morgan fingerprint density at radius 1 is 0.655 bits per heavy atom. The molecule has 2 aromatic rings. The van der Waals surface area contributed by atoms with Gasteiger partial charge in [-0.2, -0.15) is 0 Å². The lowest BCUT2D eigenvalue weighted by Crippen LogP contribution is -2.77. The van der Waals surface area contributed by atoms with Gasteiger partial charge in [-0.3, -0.25) is 14.4 Å². The standard InChI is InChI=1S/C18H10O11/c19-5-1-7(21)11-9(3-5)28-17(26)14(24)13(23)15(25)18(27)16(11,17)12-8(22)2-6(20)4-10(12)29-18/h1-4,19-22,26-27H. The Morgan fingerprint density at radius 3 is 1.41 bits per heavy atom. The molecule has 1 fully saturated rings. The second kappa shape index (κ2) is 4.59. The number of fused-ring (bicyclic) bond motifs is 2. The van der Waals surface area contributed by atoms with Crippen LogP contribution in [0.4, 0.5) is 0 Å². The average Bonchev–Trinajstić information content (AvgIpc) is 3.04. The minimum Gasteiger partial charge on any atom is -0.508 e. The van der Waals surface area contributed by atoms with Crippen LogP contribution in [0.15, 0.2) is 24.3 Å². The number of ether oxygens (including phenoxy) is 2. The number of carbonyl (C=O) groups is 3. The van der Waals surface area contributed by atoms with Gasteiger partial charge in [0.1, 0.15) is 34.5 Å². The zero-order chi connectivity index (χ0) is 21.1. The molecule has 3 aliphatic rings. The van der Waals surface area contributed by atoms with Crippen molar-refractivity contribution in [3.63, 3.8) is 0 Å². The molecule has 2 atom stereocenters. The van der Waals surface area contributed by atoms with Crippen molar-refractivity contribution in [2.45, 2.75) is 17.0 Å². The molecule has 0 radical (unpaired) electrons. The summed E-state index contributed by atoms with van der Waals surface area (Å²) in [6.45, 7) is 0. The lowest BCUT2D eigenvalue weighted by Gasteiger charge is -2.45. The monoisotopic (exact) mass is 402 g/mol. The molecular weight excluding hydrogens is 392 g/mol. The van der Waals surface area contributed by atoms with Crippen molar-refractivity contribution in [2.24, 2.45) is 0 Å². The molecule has 2 aromatic carbocycles. The number of benzene rings is 2. The topological polar surface area (TPSA) is 191 Å². The quantitative estimate of drug-likeness (QED) is 0.286. The van der Waals surface area contributed by atoms with Crippen LogP contribution in [0.3, 0.4) is 0 Å². The Labute approximate surface area is 159 Å². The minimum absolute atomic E-state index is 0.553. The van der Waals surface area contributed by atoms with Crippen molar-refractivity contribution >= 4 is 17.3 Å². The van der Waals surface area contributed by atoms with Crippen LogP contribution in [0.1, 0.15) is 11.1 Å². The van der Waals surface area contributed by atoms with Gasteiger partial charge in [0.05, 0.1) is 11.1 Å². The van der Waals surface area contributed by atoms with Gasteiger partial charge in [0, 0.05) is 24.3 Å². The van der Waals surface area contributed by atoms with Gasteiger partial charge in [0.25, 0.3) is 28.9 Å². The van der Waals surface area contributed by atoms with E-state index in [1.165, 1.54) is 0 Å². The molecule has 11 nitrogen and oxygen atoms in total. The molecule has 2 heterocycles. The molecule has 0 saturated heterocycles. The van der Waals surface area contributed by atoms with Crippen molar-refractivity contribution in [2.75, 3.05) is 0 Å². The first-order chi connectivity index (χ1) is 13.5. The summed E-state index contributed by atoms with van der Waals surface area (Å²) in [4.78, 5) is 37.6. The highest BCUT2D eigenvalue weighted by atomic mass is 16.7. The van der Waals surface area contributed by atoms with Crippen molar-refractivity contribution in [1.82, 2.24) is 0 Å². The maximum absolute atomic E-state index is 12.7. The van der Waals surface area contributed by atoms with Crippen LogP contribution in [0, 0.1) is 0 Å². The number of aromatic hydroxyl groups is 4. The SMILES string of the molecule is O=C1C(=O)C2(O)Oc3cc(O)cc(O)c3C23c2c(O)cc(O)cc2OC3(O)C1=O. The van der Waals surface area contributed by atoms with Gasteiger partial charge in [0.2, 0.25) is 0 Å². The number of aliphatic hydroxyl groups is 2. The fourth-order valence-electron chi connectivity index (χ4n) is 4.44. The summed E-state index contributed by atoms with van der Waals surface area (Å²) in [5, 5.41) is 62.9. The first-order valence-electron chi connectivity index (χ1n) is 8.08. The second-order valence-corrected chi connectivity index (χ2v) is 6.91. The maximum atomic E-state index is 12.7. The molecular formula is C18H10O11. The number of hydrogen-bond donors (Lipinski definition) is 6. The summed E-state index contributed by atoms with van der Waals surface area (Å²) in [5.41, 5.74) is -4.02. The summed E-state index contributed by atoms with van der Waals surface area (Å²) in [5.74, 6) is -16.0. The van der Waals surface area contributed by atoms with E-state index in [9.17, 15) is 45.0 Å². The zero-order valence-corrected chi connectivity index (χ0v) is 14.0. The van der Waals surface area contributed by atoms with Gasteiger partial charge < -0.3 is 40.1 Å². The number of hydrogen-bond acceptors (Lipinski definition) is 11. The molecule has 1 saturated carbocycles. The summed E-state index contributed by atoms with van der Waals surface area (Å²) in [7, 11) is 0. The summed E-state index contributed by atoms with van der Waals surface area (Å²) in [6.07, 6.45) is 0. The van der Waals surface area contributed by atoms with E-state index in [2.05, 4.69) is 0 Å². The van der Waals surface area contributed by atoms with E-state index in [1.807, 2.05) is 0 Å². The third kappa shape index (κ3) is 1.53. The van der Waals surface area contributed by atoms with Gasteiger partial charge in [-0.15, -0.1) is 0 Å². The molecule has 1 spiro atoms. The van der Waals surface area contributed by atoms with Crippen LogP contribution in [-0.2, 0) is 19.8 Å². The van der Waals surface area contributed by atoms with E-state index in [4.69, 9.17) is 9.47 Å². The number of phenols is 4. The Kier molecular flexibility index (Phi) is 2.74. The van der Waals surface area contributed by atoms with Crippen molar-refractivity contribution in [1.29, 1.82) is 0 Å². The van der Waals surface area contributed by atoms with Gasteiger partial charge >= 0.3 is 0 Å². The molecule has 5 rings (SSSR count). The van der Waals surface area contributed by atoms with Gasteiger partial charge in [-0.05, 0) is 0 Å². The van der Waals surface area contributed by atoms with Gasteiger partial charge in [-0.1, -0.05) is 0 Å². The third-order valence-corrected chi connectivity index (χ3v) is 5.44. The average molecular weight is 402 g/mol. The highest BCUT2D eigenvalue weighted by Crippen LogP contribution is 2.69. The fraction of sp³-hybridized carbons (Fsp3) is 0.167. The summed E-state index contributed by atoms with van der Waals surface area (Å²) in [6, 6.07) is 3.25. The Hall–Kier alpha value is -3.83. The van der Waals surface area contributed by atoms with Crippen LogP contribution in [-0.4, -0.2) is 59.6 Å². The molecule has 29 heavy (non-hydrogen) atoms. The predicted octanol–water partition coefficient (Wildman–Crippen LogP) is -1.32. The van der Waals surface area contributed by atoms with E-state index in [0.717, 1.165) is 24.3 Å². The highest BCUT2D eigenvalue weighted by molar-refractivity contribution is 6.68. The molecule has 0 bridgehead atoms. The van der Waals surface area contributed by atoms with E-state index >= 15 is 0 Å². The second-order valence-electron chi connectivity index (χ2n) is 6.91. The third-order valence-electron chi connectivity index (χ3n) is 5.44. The van der Waals surface area contributed by atoms with Gasteiger partial charge in [-0.25, -0.2) is 0 Å². The van der Waals surface area contributed by atoms with E-state index < -0.39 is 80.0 Å². The largest absolute Gasteiger partial charge is 0.508 e. The van der Waals surface area contributed by atoms with E-state index in [-0.39, 0.29) is 0 Å². The molecule has 0 aromatic heterocycles. The molecule has 11 heteroatoms. The van der Waals surface area contributed by atoms with Crippen molar-refractivity contribution in [3.8, 4) is 34.5 Å². The van der Waals surface area contributed by atoms with Crippen LogP contribution < -0.4 is 9.47 Å². The zero-order valence-electron chi connectivity index (χ0n) is 14.0. The van der Waals surface area contributed by atoms with E-state index in [0.29, 0.717) is 0 Å². The molecule has 1 aliphatic carbocycles. The Bertz CT molecular complexity index is 1110. The molecule has 2 unspecified atom stereocenters. The first kappa shape index (κ1) is 17.3. The minimum atomic E-state index is -3.33. The maximum Gasteiger partial charge on any atom is 0.297 e. The first-order valence-corrected chi connectivity index (χ1v) is 8.08. The van der Waals surface area contributed by atoms with Gasteiger partial charge in [0.15, 0.2) is 5.41 Å². The van der Waals surface area contributed by atoms with Crippen molar-refractivity contribution < 1.29 is 54.5 Å². The van der Waals surface area contributed by atoms with Crippen LogP contribution in [0.25, 0.3) is 0 Å². The molecule has 0 amide bonds. The summed E-state index contributed by atoms with van der Waals surface area (Å²) >= 11 is 0. The van der Waals surface area contributed by atoms with Crippen molar-refractivity contribution in [3.05, 3.63) is 35.4 Å². The highest BCUT2D eigenvalue weighted by Gasteiger charge is 2.87. The normalized spacial score (nSPS) is 31.4. The summed E-state index contributed by atoms with van der Waals surface area (Å²) < 4.78 is 10.4. The smallest absolute Gasteiger partial charge is 0.297 e. The predicted molar refractivity (Wildman–Crippen MR) is 86.5 cm³/mol. The Morgan fingerprint density at radius 2 is 1.03 bits per heavy atom. The number of phenolic OH excluding ortho intramolecular Hbond substituents is 4. The fourth-order valence-corrected chi connectivity index (χ4v) is 4.44. The number of Topliss-reactive ketones (excluding diaryl/α,β-unsaturated/α-hetero) is 3.